The van der Waals surface area contributed by atoms with Crippen LogP contribution in [0, 0.1) is 17.7 Å². The summed E-state index contributed by atoms with van der Waals surface area (Å²) in [6.07, 6.45) is 5.05. The number of aryl methyl sites for hydroxylation is 1. The lowest BCUT2D eigenvalue weighted by Crippen LogP contribution is -2.30. The maximum atomic E-state index is 13.7. The highest BCUT2D eigenvalue weighted by Gasteiger charge is 2.38. The van der Waals surface area contributed by atoms with Crippen molar-refractivity contribution in [1.29, 1.82) is 0 Å². The number of rotatable bonds is 9. The van der Waals surface area contributed by atoms with Gasteiger partial charge in [-0.25, -0.2) is 17.9 Å². The number of hydrogen-bond acceptors (Lipinski definition) is 3. The van der Waals surface area contributed by atoms with Crippen LogP contribution in [0.3, 0.4) is 0 Å². The first-order valence-electron chi connectivity index (χ1n) is 10.9. The molecule has 6 heteroatoms. The van der Waals surface area contributed by atoms with Crippen molar-refractivity contribution >= 4 is 10.0 Å². The van der Waals surface area contributed by atoms with Crippen molar-refractivity contribution in [3.8, 4) is 0 Å². The van der Waals surface area contributed by atoms with Gasteiger partial charge in [0.1, 0.15) is 5.82 Å². The predicted molar refractivity (Wildman–Crippen MR) is 118 cm³/mol. The highest BCUT2D eigenvalue weighted by Crippen LogP contribution is 2.41. The van der Waals surface area contributed by atoms with Gasteiger partial charge in [0.15, 0.2) is 0 Å². The van der Waals surface area contributed by atoms with Gasteiger partial charge in [-0.2, -0.15) is 0 Å². The summed E-state index contributed by atoms with van der Waals surface area (Å²) in [6.45, 7) is 0.916. The maximum Gasteiger partial charge on any atom is 0.212 e. The van der Waals surface area contributed by atoms with Crippen molar-refractivity contribution < 1.29 is 12.8 Å². The molecule has 3 unspecified atom stereocenters. The molecule has 0 bridgehead atoms. The second kappa shape index (κ2) is 8.77. The number of nitrogens with two attached hydrogens (primary N) is 1. The lowest BCUT2D eigenvalue weighted by molar-refractivity contribution is 0.435. The van der Waals surface area contributed by atoms with E-state index < -0.39 is 15.3 Å². The summed E-state index contributed by atoms with van der Waals surface area (Å²) in [5.41, 5.74) is 4.86. The molecule has 1 saturated carbocycles. The van der Waals surface area contributed by atoms with E-state index in [0.717, 1.165) is 43.4 Å². The van der Waals surface area contributed by atoms with Gasteiger partial charge in [-0.15, -0.1) is 0 Å². The summed E-state index contributed by atoms with van der Waals surface area (Å²) in [5.74, 6) is 0.827. The second-order valence-corrected chi connectivity index (χ2v) is 10.8. The second-order valence-electron chi connectivity index (χ2n) is 9.00. The van der Waals surface area contributed by atoms with Crippen molar-refractivity contribution in [3.63, 3.8) is 0 Å². The van der Waals surface area contributed by atoms with Gasteiger partial charge in [0.2, 0.25) is 10.0 Å². The van der Waals surface area contributed by atoms with E-state index >= 15 is 0 Å². The van der Waals surface area contributed by atoms with E-state index in [1.165, 1.54) is 17.2 Å². The largest absolute Gasteiger partial charge is 0.319 e. The molecular weight excluding hydrogens is 399 g/mol. The number of sulfonamides is 1. The fourth-order valence-electron chi connectivity index (χ4n) is 5.13. The third-order valence-electron chi connectivity index (χ3n) is 6.76. The minimum absolute atomic E-state index is 0.196. The van der Waals surface area contributed by atoms with Crippen LogP contribution in [0.2, 0.25) is 0 Å². The van der Waals surface area contributed by atoms with Crippen molar-refractivity contribution in [2.45, 2.75) is 49.7 Å². The van der Waals surface area contributed by atoms with Gasteiger partial charge in [-0.1, -0.05) is 30.3 Å². The number of benzene rings is 2. The monoisotopic (exact) mass is 430 g/mol. The van der Waals surface area contributed by atoms with E-state index in [1.807, 2.05) is 13.1 Å². The van der Waals surface area contributed by atoms with Crippen LogP contribution in [-0.2, 0) is 29.3 Å². The molecule has 4 nitrogen and oxygen atoms in total. The van der Waals surface area contributed by atoms with Gasteiger partial charge in [0, 0.05) is 0 Å². The Hall–Kier alpha value is -1.76. The highest BCUT2D eigenvalue weighted by atomic mass is 32.2. The summed E-state index contributed by atoms with van der Waals surface area (Å²) < 4.78 is 37.6. The Morgan fingerprint density at radius 2 is 1.97 bits per heavy atom. The Bertz CT molecular complexity index is 1000. The molecule has 0 aliphatic heterocycles. The summed E-state index contributed by atoms with van der Waals surface area (Å²) in [7, 11) is -1.53. The van der Waals surface area contributed by atoms with Crippen LogP contribution in [0.1, 0.15) is 47.4 Å². The number of fused-ring (bicyclic) bond motifs is 1. The molecule has 0 heterocycles. The zero-order chi connectivity index (χ0) is 21.3. The standard InChI is InChI=1S/C24H31FN2O2S/c1-27-15-20-14-19-7-5-16(6-10-24(18-8-9-18)30(26,28)29)12-22(19)23(20)13-17-3-2-4-21(25)11-17/h2-5,7,11-12,18,20,23-24,27H,6,8-10,13-15H2,1H3,(H2,26,28,29). The Morgan fingerprint density at radius 3 is 2.63 bits per heavy atom. The molecule has 0 amide bonds. The van der Waals surface area contributed by atoms with Crippen LogP contribution in [-0.4, -0.2) is 27.3 Å². The normalized spacial score (nSPS) is 22.1. The SMILES string of the molecule is CNCC1Cc2ccc(CCC(C3CC3)S(N)(=O)=O)cc2C1Cc1cccc(F)c1. The van der Waals surface area contributed by atoms with Gasteiger partial charge >= 0.3 is 0 Å². The van der Waals surface area contributed by atoms with Gasteiger partial charge in [0.05, 0.1) is 5.25 Å². The Kier molecular flexibility index (Phi) is 6.28. The minimum Gasteiger partial charge on any atom is -0.319 e. The summed E-state index contributed by atoms with van der Waals surface area (Å²) in [5, 5.41) is 8.36. The molecule has 0 radical (unpaired) electrons. The van der Waals surface area contributed by atoms with Crippen LogP contribution in [0.4, 0.5) is 4.39 Å². The summed E-state index contributed by atoms with van der Waals surface area (Å²) in [6, 6.07) is 13.5. The molecule has 0 saturated heterocycles. The smallest absolute Gasteiger partial charge is 0.212 e. The number of halogens is 1. The topological polar surface area (TPSA) is 72.2 Å². The molecule has 2 aromatic carbocycles. The van der Waals surface area contributed by atoms with E-state index in [2.05, 4.69) is 23.5 Å². The molecule has 4 rings (SSSR count). The first-order valence-corrected chi connectivity index (χ1v) is 12.5. The molecule has 1 fully saturated rings. The average Bonchev–Trinajstić information content (AvgIpc) is 3.45. The van der Waals surface area contributed by atoms with E-state index in [4.69, 9.17) is 5.14 Å². The highest BCUT2D eigenvalue weighted by molar-refractivity contribution is 7.89. The summed E-state index contributed by atoms with van der Waals surface area (Å²) in [4.78, 5) is 0. The molecule has 162 valence electrons. The number of hydrogen-bond donors (Lipinski definition) is 2. The van der Waals surface area contributed by atoms with Crippen LogP contribution in [0.5, 0.6) is 0 Å². The third-order valence-corrected chi connectivity index (χ3v) is 8.22. The third kappa shape index (κ3) is 4.93. The van der Waals surface area contributed by atoms with Crippen LogP contribution >= 0.6 is 0 Å². The number of primary sulfonamides is 1. The molecule has 0 aromatic heterocycles. The van der Waals surface area contributed by atoms with Crippen LogP contribution < -0.4 is 10.5 Å². The Labute approximate surface area is 179 Å². The predicted octanol–water partition coefficient (Wildman–Crippen LogP) is 3.54. The molecule has 2 aliphatic carbocycles. The van der Waals surface area contributed by atoms with Crippen molar-refractivity contribution in [2.75, 3.05) is 13.6 Å². The zero-order valence-electron chi connectivity index (χ0n) is 17.5. The van der Waals surface area contributed by atoms with Gasteiger partial charge < -0.3 is 5.32 Å². The summed E-state index contributed by atoms with van der Waals surface area (Å²) >= 11 is 0. The molecule has 2 aromatic rings. The van der Waals surface area contributed by atoms with Crippen molar-refractivity contribution in [3.05, 3.63) is 70.5 Å². The van der Waals surface area contributed by atoms with Gasteiger partial charge in [0.25, 0.3) is 0 Å². The molecule has 0 spiro atoms. The van der Waals surface area contributed by atoms with E-state index in [-0.39, 0.29) is 11.7 Å². The molecule has 30 heavy (non-hydrogen) atoms. The molecule has 2 aliphatic rings. The zero-order valence-corrected chi connectivity index (χ0v) is 18.3. The van der Waals surface area contributed by atoms with Crippen LogP contribution in [0.25, 0.3) is 0 Å². The van der Waals surface area contributed by atoms with E-state index in [1.54, 1.807) is 12.1 Å². The first-order chi connectivity index (χ1) is 14.3. The van der Waals surface area contributed by atoms with Crippen molar-refractivity contribution in [1.82, 2.24) is 5.32 Å². The Balaban J connectivity index is 1.54. The van der Waals surface area contributed by atoms with Crippen molar-refractivity contribution in [2.24, 2.45) is 17.0 Å². The lowest BCUT2D eigenvalue weighted by atomic mass is 9.86. The van der Waals surface area contributed by atoms with Crippen LogP contribution in [0.15, 0.2) is 42.5 Å². The fourth-order valence-corrected chi connectivity index (χ4v) is 6.38. The molecule has 3 atom stereocenters. The molecule has 3 N–H and O–H groups in total. The Morgan fingerprint density at radius 1 is 1.17 bits per heavy atom. The van der Waals surface area contributed by atoms with Gasteiger partial charge in [-0.3, -0.25) is 0 Å². The quantitative estimate of drug-likeness (QED) is 0.639. The van der Waals surface area contributed by atoms with E-state index in [9.17, 15) is 12.8 Å². The number of nitrogens with one attached hydrogen (secondary N) is 1. The van der Waals surface area contributed by atoms with E-state index in [0.29, 0.717) is 24.7 Å². The average molecular weight is 431 g/mol. The molecular formula is C24H31FN2O2S. The lowest BCUT2D eigenvalue weighted by Gasteiger charge is -2.21. The fraction of sp³-hybridized carbons (Fsp3) is 0.500. The van der Waals surface area contributed by atoms with Gasteiger partial charge in [-0.05, 0) is 104 Å². The first kappa shape index (κ1) is 21.5. The maximum absolute atomic E-state index is 13.7. The minimum atomic E-state index is -3.50.